The van der Waals surface area contributed by atoms with Crippen LogP contribution in [0.4, 0.5) is 4.39 Å². The molecule has 1 aromatic rings. The van der Waals surface area contributed by atoms with Crippen molar-refractivity contribution in [1.82, 2.24) is 9.80 Å². The summed E-state index contributed by atoms with van der Waals surface area (Å²) >= 11 is 0. The lowest BCUT2D eigenvalue weighted by Gasteiger charge is -2.26. The molecule has 4 nitrogen and oxygen atoms in total. The van der Waals surface area contributed by atoms with Crippen LogP contribution in [0, 0.1) is 5.82 Å². The predicted molar refractivity (Wildman–Crippen MR) is 77.7 cm³/mol. The molecular weight excluding hydrogens is 257 g/mol. The summed E-state index contributed by atoms with van der Waals surface area (Å²) in [7, 11) is 4.05. The molecule has 2 unspecified atom stereocenters. The first-order valence-corrected chi connectivity index (χ1v) is 7.03. The minimum Gasteiger partial charge on any atom is -0.392 e. The van der Waals surface area contributed by atoms with E-state index in [1.54, 1.807) is 6.07 Å². The Hall–Kier alpha value is -1.01. The number of likely N-dealkylation sites (N-methyl/N-ethyl adjacent to an activating group) is 1. The molecule has 0 amide bonds. The van der Waals surface area contributed by atoms with Crippen molar-refractivity contribution in [2.45, 2.75) is 31.7 Å². The molecule has 1 aliphatic rings. The molecule has 3 N–H and O–H groups in total. The molecule has 112 valence electrons. The second-order valence-electron chi connectivity index (χ2n) is 5.91. The summed E-state index contributed by atoms with van der Waals surface area (Å²) in [5, 5.41) is 9.86. The second-order valence-corrected chi connectivity index (χ2v) is 5.91. The molecule has 1 aromatic carbocycles. The van der Waals surface area contributed by atoms with E-state index in [9.17, 15) is 9.50 Å². The third kappa shape index (κ3) is 3.99. The van der Waals surface area contributed by atoms with Crippen molar-refractivity contribution in [3.63, 3.8) is 0 Å². The maximum atomic E-state index is 13.5. The Bertz CT molecular complexity index is 453. The van der Waals surface area contributed by atoms with E-state index >= 15 is 0 Å². The van der Waals surface area contributed by atoms with E-state index in [0.717, 1.165) is 24.1 Å². The van der Waals surface area contributed by atoms with Gasteiger partial charge in [0.15, 0.2) is 0 Å². The van der Waals surface area contributed by atoms with Gasteiger partial charge in [-0.15, -0.1) is 0 Å². The molecule has 2 rings (SSSR count). The Morgan fingerprint density at radius 2 is 2.05 bits per heavy atom. The summed E-state index contributed by atoms with van der Waals surface area (Å²) in [6.07, 6.45) is 0.486. The van der Waals surface area contributed by atoms with Crippen LogP contribution in [0.2, 0.25) is 0 Å². The molecule has 1 aliphatic heterocycles. The number of halogens is 1. The summed E-state index contributed by atoms with van der Waals surface area (Å²) in [5.74, 6) is -0.244. The van der Waals surface area contributed by atoms with Crippen molar-refractivity contribution in [2.75, 3.05) is 27.2 Å². The number of nitrogens with two attached hydrogens (primary N) is 1. The monoisotopic (exact) mass is 281 g/mol. The number of hydrogen-bond acceptors (Lipinski definition) is 4. The first-order valence-electron chi connectivity index (χ1n) is 7.03. The Balaban J connectivity index is 2.09. The van der Waals surface area contributed by atoms with Crippen LogP contribution in [0.25, 0.3) is 0 Å². The highest BCUT2D eigenvalue weighted by atomic mass is 19.1. The van der Waals surface area contributed by atoms with E-state index in [0.29, 0.717) is 25.7 Å². The van der Waals surface area contributed by atoms with Gasteiger partial charge in [0, 0.05) is 32.2 Å². The normalized spacial score (nSPS) is 23.7. The number of nitrogens with zero attached hydrogens (tertiary/aromatic N) is 2. The van der Waals surface area contributed by atoms with E-state index < -0.39 is 0 Å². The zero-order valence-corrected chi connectivity index (χ0v) is 12.2. The highest BCUT2D eigenvalue weighted by Crippen LogP contribution is 2.22. The number of β-amino-alcohol motifs (C(OH)–C–C–N with tert-alkyl or cyclic N) is 1. The number of aliphatic hydroxyl groups excluding tert-OH is 1. The molecule has 0 bridgehead atoms. The molecule has 20 heavy (non-hydrogen) atoms. The lowest BCUT2D eigenvalue weighted by Crippen LogP contribution is -2.37. The largest absolute Gasteiger partial charge is 0.392 e. The lowest BCUT2D eigenvalue weighted by molar-refractivity contribution is 0.169. The van der Waals surface area contributed by atoms with Gasteiger partial charge in [0.2, 0.25) is 0 Å². The van der Waals surface area contributed by atoms with E-state index in [2.05, 4.69) is 9.80 Å². The van der Waals surface area contributed by atoms with Crippen LogP contribution in [-0.4, -0.2) is 54.2 Å². The zero-order chi connectivity index (χ0) is 14.7. The van der Waals surface area contributed by atoms with Crippen molar-refractivity contribution < 1.29 is 9.50 Å². The van der Waals surface area contributed by atoms with E-state index in [1.165, 1.54) is 6.07 Å². The SMILES string of the molecule is CN(C)CC1CC(O)CN1Cc1cc(F)cc(CN)c1. The van der Waals surface area contributed by atoms with Crippen LogP contribution >= 0.6 is 0 Å². The van der Waals surface area contributed by atoms with Gasteiger partial charge in [-0.25, -0.2) is 4.39 Å². The van der Waals surface area contributed by atoms with Crippen molar-refractivity contribution >= 4 is 0 Å². The maximum Gasteiger partial charge on any atom is 0.123 e. The van der Waals surface area contributed by atoms with Crippen LogP contribution in [0.1, 0.15) is 17.5 Å². The third-order valence-corrected chi connectivity index (χ3v) is 3.72. The summed E-state index contributed by atoms with van der Waals surface area (Å²) in [5.41, 5.74) is 7.31. The van der Waals surface area contributed by atoms with Gasteiger partial charge in [-0.3, -0.25) is 4.90 Å². The van der Waals surface area contributed by atoms with Gasteiger partial charge in [0.1, 0.15) is 5.82 Å². The molecule has 0 radical (unpaired) electrons. The highest BCUT2D eigenvalue weighted by molar-refractivity contribution is 5.24. The second kappa shape index (κ2) is 6.63. The molecule has 0 aromatic heterocycles. The predicted octanol–water partition coefficient (Wildman–Crippen LogP) is 0.781. The van der Waals surface area contributed by atoms with Gasteiger partial charge >= 0.3 is 0 Å². The smallest absolute Gasteiger partial charge is 0.123 e. The summed E-state index contributed by atoms with van der Waals surface area (Å²) in [6.45, 7) is 2.54. The molecule has 1 heterocycles. The topological polar surface area (TPSA) is 52.7 Å². The first-order chi connectivity index (χ1) is 9.47. The molecule has 0 aliphatic carbocycles. The Kier molecular flexibility index (Phi) is 5.10. The number of rotatable bonds is 5. The maximum absolute atomic E-state index is 13.5. The van der Waals surface area contributed by atoms with Crippen LogP contribution < -0.4 is 5.73 Å². The van der Waals surface area contributed by atoms with Crippen molar-refractivity contribution in [3.05, 3.63) is 35.1 Å². The number of benzene rings is 1. The fraction of sp³-hybridized carbons (Fsp3) is 0.600. The fourth-order valence-corrected chi connectivity index (χ4v) is 2.92. The molecule has 2 atom stereocenters. The Labute approximate surface area is 120 Å². The zero-order valence-electron chi connectivity index (χ0n) is 12.2. The van der Waals surface area contributed by atoms with Gasteiger partial charge in [-0.2, -0.15) is 0 Å². The minimum absolute atomic E-state index is 0.244. The van der Waals surface area contributed by atoms with Crippen molar-refractivity contribution in [3.8, 4) is 0 Å². The van der Waals surface area contributed by atoms with Gasteiger partial charge in [-0.05, 0) is 43.8 Å². The molecule has 1 saturated heterocycles. The van der Waals surface area contributed by atoms with Gasteiger partial charge in [0.25, 0.3) is 0 Å². The number of hydrogen-bond donors (Lipinski definition) is 2. The van der Waals surface area contributed by atoms with E-state index in [1.807, 2.05) is 20.2 Å². The Morgan fingerprint density at radius 3 is 2.70 bits per heavy atom. The molecule has 5 heteroatoms. The summed E-state index contributed by atoms with van der Waals surface area (Å²) in [4.78, 5) is 4.34. The number of likely N-dealkylation sites (tertiary alicyclic amines) is 1. The summed E-state index contributed by atoms with van der Waals surface area (Å²) < 4.78 is 13.5. The van der Waals surface area contributed by atoms with Crippen LogP contribution in [0.3, 0.4) is 0 Å². The van der Waals surface area contributed by atoms with Gasteiger partial charge < -0.3 is 15.7 Å². The van der Waals surface area contributed by atoms with E-state index in [4.69, 9.17) is 5.73 Å². The minimum atomic E-state index is -0.289. The van der Waals surface area contributed by atoms with Crippen LogP contribution in [-0.2, 0) is 13.1 Å². The standard InChI is InChI=1S/C15H24FN3O/c1-18(2)9-14-6-15(20)10-19(14)8-12-3-11(7-17)4-13(16)5-12/h3-5,14-15,20H,6-10,17H2,1-2H3. The van der Waals surface area contributed by atoms with Crippen molar-refractivity contribution in [2.24, 2.45) is 5.73 Å². The van der Waals surface area contributed by atoms with Gasteiger partial charge in [-0.1, -0.05) is 6.07 Å². The Morgan fingerprint density at radius 1 is 1.35 bits per heavy atom. The molecule has 0 saturated carbocycles. The average Bonchev–Trinajstić information content (AvgIpc) is 2.67. The van der Waals surface area contributed by atoms with E-state index in [-0.39, 0.29) is 11.9 Å². The number of aliphatic hydroxyl groups is 1. The third-order valence-electron chi connectivity index (χ3n) is 3.72. The molecule has 1 fully saturated rings. The average molecular weight is 281 g/mol. The molecule has 0 spiro atoms. The van der Waals surface area contributed by atoms with Gasteiger partial charge in [0.05, 0.1) is 6.10 Å². The lowest BCUT2D eigenvalue weighted by atomic mass is 10.1. The van der Waals surface area contributed by atoms with Crippen LogP contribution in [0.15, 0.2) is 18.2 Å². The summed E-state index contributed by atoms with van der Waals surface area (Å²) in [6, 6.07) is 5.28. The first kappa shape index (κ1) is 15.4. The quantitative estimate of drug-likeness (QED) is 0.837. The van der Waals surface area contributed by atoms with Crippen LogP contribution in [0.5, 0.6) is 0 Å². The highest BCUT2D eigenvalue weighted by Gasteiger charge is 2.31. The molecular formula is C15H24FN3O. The fourth-order valence-electron chi connectivity index (χ4n) is 2.92. The van der Waals surface area contributed by atoms with Crippen molar-refractivity contribution in [1.29, 1.82) is 0 Å².